The molecule has 0 saturated heterocycles. The Morgan fingerprint density at radius 1 is 0.852 bits per heavy atom. The van der Waals surface area contributed by atoms with Gasteiger partial charge in [-0.25, -0.2) is 0 Å². The first-order valence-corrected chi connectivity index (χ1v) is 10.3. The monoisotopic (exact) mass is 369 g/mol. The van der Waals surface area contributed by atoms with Crippen molar-refractivity contribution >= 4 is 65.3 Å². The number of aromatic nitrogens is 1. The predicted octanol–water partition coefficient (Wildman–Crippen LogP) is 6.48. The van der Waals surface area contributed by atoms with Gasteiger partial charge >= 0.3 is 0 Å². The molecule has 0 aliphatic carbocycles. The first-order valence-electron chi connectivity index (χ1n) is 9.45. The van der Waals surface area contributed by atoms with Gasteiger partial charge in [0.2, 0.25) is 0 Å². The van der Waals surface area contributed by atoms with Gasteiger partial charge in [0.15, 0.2) is 0 Å². The SMILES string of the molecule is C=C/C=c1\c(=C/C)[nH]c2ccc3c(ccc4sc5ccccc5c43)c12.CC. The molecule has 0 fully saturated rings. The van der Waals surface area contributed by atoms with Gasteiger partial charge in [-0.2, -0.15) is 0 Å². The lowest BCUT2D eigenvalue weighted by Gasteiger charge is -2.03. The number of allylic oxidation sites excluding steroid dienone is 1. The van der Waals surface area contributed by atoms with E-state index in [4.69, 9.17) is 0 Å². The van der Waals surface area contributed by atoms with E-state index in [1.807, 2.05) is 31.3 Å². The first kappa shape index (κ1) is 17.6. The zero-order valence-electron chi connectivity index (χ0n) is 16.0. The van der Waals surface area contributed by atoms with Crippen LogP contribution in [0.15, 0.2) is 61.2 Å². The van der Waals surface area contributed by atoms with E-state index in [-0.39, 0.29) is 0 Å². The summed E-state index contributed by atoms with van der Waals surface area (Å²) in [6.45, 7) is 9.97. The smallest absolute Gasteiger partial charge is 0.0471 e. The van der Waals surface area contributed by atoms with Crippen molar-refractivity contribution < 1.29 is 0 Å². The van der Waals surface area contributed by atoms with Gasteiger partial charge in [-0.3, -0.25) is 0 Å². The van der Waals surface area contributed by atoms with E-state index in [0.29, 0.717) is 0 Å². The Morgan fingerprint density at radius 2 is 1.59 bits per heavy atom. The van der Waals surface area contributed by atoms with Crippen molar-refractivity contribution in [3.63, 3.8) is 0 Å². The average molecular weight is 370 g/mol. The summed E-state index contributed by atoms with van der Waals surface area (Å²) in [7, 11) is 0. The molecule has 0 atom stereocenters. The highest BCUT2D eigenvalue weighted by Gasteiger charge is 2.11. The fourth-order valence-corrected chi connectivity index (χ4v) is 5.01. The van der Waals surface area contributed by atoms with Crippen molar-refractivity contribution in [3.8, 4) is 0 Å². The Labute approximate surface area is 162 Å². The number of benzene rings is 3. The molecular formula is C25H23NS. The second-order valence-electron chi connectivity index (χ2n) is 6.26. The van der Waals surface area contributed by atoms with Gasteiger partial charge in [0.1, 0.15) is 0 Å². The summed E-state index contributed by atoms with van der Waals surface area (Å²) in [6.07, 6.45) is 6.09. The van der Waals surface area contributed by atoms with Crippen molar-refractivity contribution in [2.75, 3.05) is 0 Å². The summed E-state index contributed by atoms with van der Waals surface area (Å²) in [5.41, 5.74) is 1.17. The van der Waals surface area contributed by atoms with Crippen LogP contribution in [-0.4, -0.2) is 4.98 Å². The summed E-state index contributed by atoms with van der Waals surface area (Å²) < 4.78 is 2.69. The van der Waals surface area contributed by atoms with Crippen LogP contribution < -0.4 is 10.6 Å². The fraction of sp³-hybridized carbons (Fsp3) is 0.120. The molecule has 0 unspecified atom stereocenters. The van der Waals surface area contributed by atoms with Crippen molar-refractivity contribution in [1.82, 2.24) is 4.98 Å². The van der Waals surface area contributed by atoms with Crippen LogP contribution in [0.1, 0.15) is 20.8 Å². The number of H-pyrrole nitrogens is 1. The normalized spacial score (nSPS) is 12.9. The third kappa shape index (κ3) is 2.60. The van der Waals surface area contributed by atoms with Gasteiger partial charge in [-0.05, 0) is 35.9 Å². The molecule has 0 amide bonds. The molecule has 1 N–H and O–H groups in total. The van der Waals surface area contributed by atoms with Crippen LogP contribution in [0.25, 0.3) is 54.0 Å². The van der Waals surface area contributed by atoms with Crippen molar-refractivity contribution in [2.24, 2.45) is 0 Å². The number of hydrogen-bond acceptors (Lipinski definition) is 1. The summed E-state index contributed by atoms with van der Waals surface area (Å²) in [4.78, 5) is 3.54. The van der Waals surface area contributed by atoms with E-state index < -0.39 is 0 Å². The molecule has 0 radical (unpaired) electrons. The summed E-state index contributed by atoms with van der Waals surface area (Å²) in [6, 6.07) is 17.7. The molecule has 2 heteroatoms. The van der Waals surface area contributed by atoms with Crippen molar-refractivity contribution in [1.29, 1.82) is 0 Å². The molecule has 0 aliphatic heterocycles. The maximum atomic E-state index is 3.90. The van der Waals surface area contributed by atoms with Gasteiger partial charge in [-0.15, -0.1) is 11.3 Å². The molecule has 2 heterocycles. The molecule has 27 heavy (non-hydrogen) atoms. The molecule has 0 spiro atoms. The third-order valence-electron chi connectivity index (χ3n) is 4.94. The number of nitrogens with one attached hydrogen (secondary N) is 1. The Kier molecular flexibility index (Phi) is 4.59. The van der Waals surface area contributed by atoms with Crippen molar-refractivity contribution in [3.05, 3.63) is 71.8 Å². The Morgan fingerprint density at radius 3 is 2.37 bits per heavy atom. The Balaban J connectivity index is 0.000000872. The maximum absolute atomic E-state index is 3.90. The minimum absolute atomic E-state index is 1.15. The van der Waals surface area contributed by atoms with Gasteiger partial charge in [-0.1, -0.05) is 69.0 Å². The molecule has 0 bridgehead atoms. The van der Waals surface area contributed by atoms with Crippen molar-refractivity contribution in [2.45, 2.75) is 20.8 Å². The third-order valence-corrected chi connectivity index (χ3v) is 6.08. The molecule has 2 aromatic heterocycles. The minimum Gasteiger partial charge on any atom is -0.355 e. The molecule has 3 aromatic carbocycles. The van der Waals surface area contributed by atoms with Crippen LogP contribution in [0, 0.1) is 0 Å². The van der Waals surface area contributed by atoms with E-state index in [9.17, 15) is 0 Å². The zero-order chi connectivity index (χ0) is 19.0. The van der Waals surface area contributed by atoms with Crippen LogP contribution in [0.5, 0.6) is 0 Å². The number of fused-ring (bicyclic) bond motifs is 7. The summed E-state index contributed by atoms with van der Waals surface area (Å²) >= 11 is 1.87. The van der Waals surface area contributed by atoms with Gasteiger partial charge < -0.3 is 4.98 Å². The number of thiophene rings is 1. The lowest BCUT2D eigenvalue weighted by Crippen LogP contribution is -2.21. The fourth-order valence-electron chi connectivity index (χ4n) is 3.89. The van der Waals surface area contributed by atoms with Crippen LogP contribution in [0.2, 0.25) is 0 Å². The van der Waals surface area contributed by atoms with E-state index in [1.54, 1.807) is 0 Å². The second-order valence-corrected chi connectivity index (χ2v) is 7.35. The van der Waals surface area contributed by atoms with E-state index in [2.05, 4.69) is 79.2 Å². The molecule has 134 valence electrons. The van der Waals surface area contributed by atoms with Gasteiger partial charge in [0.25, 0.3) is 0 Å². The number of hydrogen-bond donors (Lipinski definition) is 1. The highest BCUT2D eigenvalue weighted by atomic mass is 32.1. The number of rotatable bonds is 1. The van der Waals surface area contributed by atoms with Crippen LogP contribution in [0.4, 0.5) is 0 Å². The van der Waals surface area contributed by atoms with E-state index in [0.717, 1.165) is 5.35 Å². The maximum Gasteiger partial charge on any atom is 0.0471 e. The lowest BCUT2D eigenvalue weighted by atomic mass is 10.0. The van der Waals surface area contributed by atoms with Gasteiger partial charge in [0.05, 0.1) is 0 Å². The largest absolute Gasteiger partial charge is 0.355 e. The topological polar surface area (TPSA) is 15.8 Å². The molecule has 0 saturated carbocycles. The highest BCUT2D eigenvalue weighted by molar-refractivity contribution is 7.26. The van der Waals surface area contributed by atoms with E-state index in [1.165, 1.54) is 47.1 Å². The minimum atomic E-state index is 1.15. The quantitative estimate of drug-likeness (QED) is 0.348. The van der Waals surface area contributed by atoms with Crippen LogP contribution in [-0.2, 0) is 0 Å². The average Bonchev–Trinajstić information content (AvgIpc) is 3.28. The second kappa shape index (κ2) is 7.05. The Bertz CT molecular complexity index is 1410. The lowest BCUT2D eigenvalue weighted by molar-refractivity contribution is 1.35. The molecular weight excluding hydrogens is 346 g/mol. The molecule has 5 rings (SSSR count). The highest BCUT2D eigenvalue weighted by Crippen LogP contribution is 2.39. The molecule has 5 aromatic rings. The standard InChI is InChI=1S/C23H17NS.C2H6/c1-3-7-16-18(4-2)24-19-12-10-15-14(22(16)19)11-13-21-23(15)17-8-5-6-9-20(17)25-21;1-2/h3-13,24H,1H2,2H3;1-2H3/b16-7+,18-4+;. The predicted molar refractivity (Wildman–Crippen MR) is 124 cm³/mol. The Hall–Kier alpha value is -2.84. The van der Waals surface area contributed by atoms with Crippen LogP contribution in [0.3, 0.4) is 0 Å². The molecule has 0 aliphatic rings. The zero-order valence-corrected chi connectivity index (χ0v) is 16.8. The summed E-state index contributed by atoms with van der Waals surface area (Å²) in [5, 5.41) is 8.98. The van der Waals surface area contributed by atoms with Crippen LogP contribution >= 0.6 is 11.3 Å². The summed E-state index contributed by atoms with van der Waals surface area (Å²) in [5.74, 6) is 0. The molecule has 1 nitrogen and oxygen atoms in total. The van der Waals surface area contributed by atoms with Gasteiger partial charge in [0, 0.05) is 41.6 Å². The van der Waals surface area contributed by atoms with E-state index >= 15 is 0 Å². The first-order chi connectivity index (χ1) is 13.3. The number of aromatic amines is 1.